The SMILES string of the molecule is CCC=CCCOc1cccc2oc(=O)c(OC)c(OC(C)C)c12. The highest BCUT2D eigenvalue weighted by Gasteiger charge is 2.21. The van der Waals surface area contributed by atoms with Crippen LogP contribution in [-0.4, -0.2) is 19.8 Å². The van der Waals surface area contributed by atoms with Crippen molar-refractivity contribution in [1.82, 2.24) is 0 Å². The minimum absolute atomic E-state index is 0.0538. The highest BCUT2D eigenvalue weighted by molar-refractivity contribution is 5.91. The van der Waals surface area contributed by atoms with E-state index in [1.807, 2.05) is 19.9 Å². The lowest BCUT2D eigenvalue weighted by atomic mass is 10.2. The van der Waals surface area contributed by atoms with Crippen LogP contribution in [0.15, 0.2) is 39.6 Å². The summed E-state index contributed by atoms with van der Waals surface area (Å²) < 4.78 is 22.3. The van der Waals surface area contributed by atoms with Crippen molar-refractivity contribution in [3.63, 3.8) is 0 Å². The van der Waals surface area contributed by atoms with Crippen molar-refractivity contribution in [3.05, 3.63) is 40.8 Å². The van der Waals surface area contributed by atoms with E-state index >= 15 is 0 Å². The Bertz CT molecular complexity index is 758. The van der Waals surface area contributed by atoms with Crippen molar-refractivity contribution in [2.75, 3.05) is 13.7 Å². The zero-order chi connectivity index (χ0) is 17.5. The van der Waals surface area contributed by atoms with Crippen molar-refractivity contribution in [2.45, 2.75) is 39.7 Å². The van der Waals surface area contributed by atoms with Gasteiger partial charge in [-0.2, -0.15) is 0 Å². The van der Waals surface area contributed by atoms with E-state index in [1.54, 1.807) is 12.1 Å². The van der Waals surface area contributed by atoms with Crippen molar-refractivity contribution in [3.8, 4) is 17.2 Å². The van der Waals surface area contributed by atoms with Gasteiger partial charge in [0.1, 0.15) is 16.7 Å². The summed E-state index contributed by atoms with van der Waals surface area (Å²) in [6, 6.07) is 5.33. The molecule has 2 rings (SSSR count). The molecule has 0 unspecified atom stereocenters. The molecule has 0 bridgehead atoms. The Labute approximate surface area is 141 Å². The number of methoxy groups -OCH3 is 1. The Morgan fingerprint density at radius 1 is 1.21 bits per heavy atom. The zero-order valence-electron chi connectivity index (χ0n) is 14.6. The van der Waals surface area contributed by atoms with Crippen LogP contribution in [0.1, 0.15) is 33.6 Å². The molecule has 5 heteroatoms. The van der Waals surface area contributed by atoms with E-state index in [0.29, 0.717) is 29.1 Å². The second-order valence-electron chi connectivity index (χ2n) is 5.56. The van der Waals surface area contributed by atoms with E-state index in [2.05, 4.69) is 19.1 Å². The summed E-state index contributed by atoms with van der Waals surface area (Å²) in [7, 11) is 1.42. The molecule has 0 N–H and O–H groups in total. The third-order valence-corrected chi connectivity index (χ3v) is 3.31. The number of benzene rings is 1. The highest BCUT2D eigenvalue weighted by atomic mass is 16.5. The first-order valence-corrected chi connectivity index (χ1v) is 8.16. The molecule has 0 aliphatic carbocycles. The van der Waals surface area contributed by atoms with Crippen LogP contribution >= 0.6 is 0 Å². The smallest absolute Gasteiger partial charge is 0.383 e. The molecule has 0 aliphatic rings. The Hall–Kier alpha value is -2.43. The van der Waals surface area contributed by atoms with Crippen LogP contribution < -0.4 is 19.8 Å². The number of fused-ring (bicyclic) bond motifs is 1. The first kappa shape index (κ1) is 17.9. The van der Waals surface area contributed by atoms with Gasteiger partial charge in [0.25, 0.3) is 0 Å². The summed E-state index contributed by atoms with van der Waals surface area (Å²) in [4.78, 5) is 12.1. The van der Waals surface area contributed by atoms with Crippen LogP contribution in [0.2, 0.25) is 0 Å². The molecule has 0 saturated carbocycles. The van der Waals surface area contributed by atoms with Crippen molar-refractivity contribution < 1.29 is 18.6 Å². The minimum atomic E-state index is -0.566. The molecule has 0 saturated heterocycles. The predicted octanol–water partition coefficient (Wildman–Crippen LogP) is 4.32. The summed E-state index contributed by atoms with van der Waals surface area (Å²) in [5.74, 6) is 1.02. The van der Waals surface area contributed by atoms with E-state index in [1.165, 1.54) is 7.11 Å². The van der Waals surface area contributed by atoms with Gasteiger partial charge in [-0.25, -0.2) is 4.79 Å². The molecule has 0 aliphatic heterocycles. The molecular formula is C19H24O5. The first-order chi connectivity index (χ1) is 11.6. The maximum absolute atomic E-state index is 12.1. The van der Waals surface area contributed by atoms with Crippen LogP contribution in [0.5, 0.6) is 17.2 Å². The lowest BCUT2D eigenvalue weighted by Gasteiger charge is -2.16. The lowest BCUT2D eigenvalue weighted by Crippen LogP contribution is -2.12. The molecule has 130 valence electrons. The van der Waals surface area contributed by atoms with Gasteiger partial charge in [0.2, 0.25) is 5.75 Å². The summed E-state index contributed by atoms with van der Waals surface area (Å²) in [6.07, 6.45) is 5.87. The molecule has 1 heterocycles. The lowest BCUT2D eigenvalue weighted by molar-refractivity contribution is 0.228. The first-order valence-electron chi connectivity index (χ1n) is 8.16. The summed E-state index contributed by atoms with van der Waals surface area (Å²) in [6.45, 7) is 6.39. The molecule has 0 spiro atoms. The normalized spacial score (nSPS) is 11.4. The molecule has 0 radical (unpaired) electrons. The fourth-order valence-electron chi connectivity index (χ4n) is 2.34. The molecule has 0 amide bonds. The van der Waals surface area contributed by atoms with Crippen LogP contribution in [-0.2, 0) is 0 Å². The van der Waals surface area contributed by atoms with Gasteiger partial charge in [0.05, 0.1) is 19.8 Å². The molecule has 24 heavy (non-hydrogen) atoms. The Morgan fingerprint density at radius 2 is 2.00 bits per heavy atom. The molecule has 1 aromatic heterocycles. The van der Waals surface area contributed by atoms with Gasteiger partial charge >= 0.3 is 5.63 Å². The molecule has 0 fully saturated rings. The van der Waals surface area contributed by atoms with E-state index in [0.717, 1.165) is 12.8 Å². The average molecular weight is 332 g/mol. The quantitative estimate of drug-likeness (QED) is 0.409. The topological polar surface area (TPSA) is 57.9 Å². The Balaban J connectivity index is 2.47. The predicted molar refractivity (Wildman–Crippen MR) is 94.3 cm³/mol. The van der Waals surface area contributed by atoms with Crippen molar-refractivity contribution in [1.29, 1.82) is 0 Å². The van der Waals surface area contributed by atoms with Gasteiger partial charge in [-0.15, -0.1) is 0 Å². The maximum Gasteiger partial charge on any atom is 0.383 e. The van der Waals surface area contributed by atoms with E-state index < -0.39 is 5.63 Å². The number of rotatable bonds is 8. The summed E-state index contributed by atoms with van der Waals surface area (Å²) in [5.41, 5.74) is -0.151. The molecule has 1 aromatic carbocycles. The average Bonchev–Trinajstić information content (AvgIpc) is 2.54. The second kappa shape index (κ2) is 8.43. The van der Waals surface area contributed by atoms with Crippen LogP contribution in [0.25, 0.3) is 11.0 Å². The minimum Gasteiger partial charge on any atom is -0.492 e. The Kier molecular flexibility index (Phi) is 6.29. The Morgan fingerprint density at radius 3 is 2.67 bits per heavy atom. The molecular weight excluding hydrogens is 308 g/mol. The number of hydrogen-bond acceptors (Lipinski definition) is 5. The van der Waals surface area contributed by atoms with Gasteiger partial charge in [0.15, 0.2) is 5.75 Å². The van der Waals surface area contributed by atoms with E-state index in [-0.39, 0.29) is 11.9 Å². The van der Waals surface area contributed by atoms with Crippen LogP contribution in [0, 0.1) is 0 Å². The van der Waals surface area contributed by atoms with Crippen molar-refractivity contribution >= 4 is 11.0 Å². The van der Waals surface area contributed by atoms with Crippen LogP contribution in [0.4, 0.5) is 0 Å². The largest absolute Gasteiger partial charge is 0.492 e. The van der Waals surface area contributed by atoms with Gasteiger partial charge < -0.3 is 18.6 Å². The molecule has 0 atom stereocenters. The number of allylic oxidation sites excluding steroid dienone is 1. The summed E-state index contributed by atoms with van der Waals surface area (Å²) >= 11 is 0. The van der Waals surface area contributed by atoms with Crippen LogP contribution in [0.3, 0.4) is 0 Å². The third kappa shape index (κ3) is 4.10. The van der Waals surface area contributed by atoms with Gasteiger partial charge in [-0.05, 0) is 38.8 Å². The van der Waals surface area contributed by atoms with Gasteiger partial charge in [-0.1, -0.05) is 25.1 Å². The monoisotopic (exact) mass is 332 g/mol. The van der Waals surface area contributed by atoms with Gasteiger partial charge in [-0.3, -0.25) is 0 Å². The van der Waals surface area contributed by atoms with Crippen molar-refractivity contribution in [2.24, 2.45) is 0 Å². The van der Waals surface area contributed by atoms with Gasteiger partial charge in [0, 0.05) is 0 Å². The zero-order valence-corrected chi connectivity index (χ0v) is 14.6. The number of hydrogen-bond donors (Lipinski definition) is 0. The van der Waals surface area contributed by atoms with E-state index in [9.17, 15) is 4.79 Å². The summed E-state index contributed by atoms with van der Waals surface area (Å²) in [5, 5.41) is 0.613. The fraction of sp³-hybridized carbons (Fsp3) is 0.421. The highest BCUT2D eigenvalue weighted by Crippen LogP contribution is 2.39. The molecule has 2 aromatic rings. The van der Waals surface area contributed by atoms with E-state index in [4.69, 9.17) is 18.6 Å². The maximum atomic E-state index is 12.1. The standard InChI is InChI=1S/C19H24O5/c1-5-6-7-8-12-22-14-10-9-11-15-16(14)17(23-13(2)3)18(21-4)19(20)24-15/h6-7,9-11,13H,5,8,12H2,1-4H3. The fourth-order valence-corrected chi connectivity index (χ4v) is 2.34. The molecule has 5 nitrogen and oxygen atoms in total. The second-order valence-corrected chi connectivity index (χ2v) is 5.56. The third-order valence-electron chi connectivity index (χ3n) is 3.31. The number of ether oxygens (including phenoxy) is 3.